The summed E-state index contributed by atoms with van der Waals surface area (Å²) in [5.41, 5.74) is 2.85. The van der Waals surface area contributed by atoms with Gasteiger partial charge in [0.05, 0.1) is 10.0 Å². The molecule has 190 valence electrons. The molecular weight excluding hydrogens is 537 g/mol. The van der Waals surface area contributed by atoms with E-state index in [1.807, 2.05) is 42.5 Å². The van der Waals surface area contributed by atoms with Gasteiger partial charge in [-0.15, -0.1) is 0 Å². The fraction of sp³-hybridized carbons (Fsp3) is 0.214. The SMILES string of the molecule is CC1(C)OC(=O)C([C@@H](c2cc(Cl)c(OCc3ccccc3Cl)c(Cl)c2)c2c[nH]c3ccccc23)C(=O)O1. The van der Waals surface area contributed by atoms with Gasteiger partial charge >= 0.3 is 11.9 Å². The van der Waals surface area contributed by atoms with E-state index in [4.69, 9.17) is 49.0 Å². The maximum Gasteiger partial charge on any atom is 0.324 e. The topological polar surface area (TPSA) is 77.6 Å². The number of benzene rings is 3. The second kappa shape index (κ2) is 9.93. The van der Waals surface area contributed by atoms with Gasteiger partial charge in [0.2, 0.25) is 0 Å². The predicted molar refractivity (Wildman–Crippen MR) is 142 cm³/mol. The van der Waals surface area contributed by atoms with E-state index in [2.05, 4.69) is 4.98 Å². The number of halogens is 3. The van der Waals surface area contributed by atoms with Crippen molar-refractivity contribution in [3.63, 3.8) is 0 Å². The number of hydrogen-bond acceptors (Lipinski definition) is 5. The fourth-order valence-corrected chi connectivity index (χ4v) is 5.37. The molecule has 1 N–H and O–H groups in total. The number of H-pyrrole nitrogens is 1. The molecule has 1 aromatic heterocycles. The molecule has 0 amide bonds. The zero-order chi connectivity index (χ0) is 26.3. The zero-order valence-corrected chi connectivity index (χ0v) is 22.2. The van der Waals surface area contributed by atoms with Gasteiger partial charge in [0.15, 0.2) is 11.7 Å². The number of ether oxygens (including phenoxy) is 3. The smallest absolute Gasteiger partial charge is 0.324 e. The predicted octanol–water partition coefficient (Wildman–Crippen LogP) is 7.29. The molecule has 9 heteroatoms. The van der Waals surface area contributed by atoms with E-state index < -0.39 is 29.6 Å². The molecule has 1 aliphatic rings. The van der Waals surface area contributed by atoms with Crippen LogP contribution < -0.4 is 4.74 Å². The van der Waals surface area contributed by atoms with Crippen LogP contribution in [0, 0.1) is 5.92 Å². The molecule has 0 unspecified atom stereocenters. The Morgan fingerprint density at radius 1 is 0.919 bits per heavy atom. The molecule has 2 heterocycles. The van der Waals surface area contributed by atoms with Gasteiger partial charge < -0.3 is 19.2 Å². The van der Waals surface area contributed by atoms with Crippen LogP contribution in [0.15, 0.2) is 66.9 Å². The molecule has 0 aliphatic carbocycles. The number of fused-ring (bicyclic) bond motifs is 1. The lowest BCUT2D eigenvalue weighted by Crippen LogP contribution is -2.48. The summed E-state index contributed by atoms with van der Waals surface area (Å²) < 4.78 is 16.8. The van der Waals surface area contributed by atoms with Crippen LogP contribution in [0.25, 0.3) is 10.9 Å². The Kier molecular flexibility index (Phi) is 6.84. The van der Waals surface area contributed by atoms with E-state index in [9.17, 15) is 9.59 Å². The first-order valence-electron chi connectivity index (χ1n) is 11.5. The van der Waals surface area contributed by atoms with E-state index in [1.54, 1.807) is 24.4 Å². The van der Waals surface area contributed by atoms with Crippen LogP contribution >= 0.6 is 34.8 Å². The van der Waals surface area contributed by atoms with Gasteiger partial charge in [0, 0.05) is 47.5 Å². The fourth-order valence-electron chi connectivity index (χ4n) is 4.57. The van der Waals surface area contributed by atoms with Crippen LogP contribution in [0.4, 0.5) is 0 Å². The highest BCUT2D eigenvalue weighted by Crippen LogP contribution is 2.44. The van der Waals surface area contributed by atoms with Crippen molar-refractivity contribution in [3.05, 3.63) is 98.6 Å². The third kappa shape index (κ3) is 5.01. The van der Waals surface area contributed by atoms with E-state index in [1.165, 1.54) is 13.8 Å². The van der Waals surface area contributed by atoms with E-state index in [0.717, 1.165) is 16.5 Å². The molecule has 1 atom stereocenters. The van der Waals surface area contributed by atoms with Crippen molar-refractivity contribution in [3.8, 4) is 5.75 Å². The standard InChI is InChI=1S/C28H22Cl3NO5/c1-28(2)36-26(33)24(27(34)37-28)23(18-13-32-22-10-6-4-8-17(18)22)16-11-20(30)25(21(31)12-16)35-14-15-7-3-5-9-19(15)29/h3-13,23-24,32H,14H2,1-2H3/t23-/m0/s1. The van der Waals surface area contributed by atoms with E-state index >= 15 is 0 Å². The van der Waals surface area contributed by atoms with Crippen molar-refractivity contribution < 1.29 is 23.8 Å². The number of rotatable bonds is 6. The Balaban J connectivity index is 1.57. The number of aromatic nitrogens is 1. The van der Waals surface area contributed by atoms with Crippen LogP contribution in [0.2, 0.25) is 15.1 Å². The Morgan fingerprint density at radius 3 is 2.22 bits per heavy atom. The minimum absolute atomic E-state index is 0.153. The van der Waals surface area contributed by atoms with Crippen molar-refractivity contribution in [2.24, 2.45) is 5.92 Å². The summed E-state index contributed by atoms with van der Waals surface area (Å²) in [7, 11) is 0. The van der Waals surface area contributed by atoms with Gasteiger partial charge in [-0.3, -0.25) is 9.59 Å². The molecule has 1 fully saturated rings. The van der Waals surface area contributed by atoms with Crippen LogP contribution in [0.1, 0.15) is 36.5 Å². The van der Waals surface area contributed by atoms with Crippen molar-refractivity contribution in [2.75, 3.05) is 0 Å². The minimum Gasteiger partial charge on any atom is -0.486 e. The summed E-state index contributed by atoms with van der Waals surface area (Å²) in [5.74, 6) is -4.54. The molecule has 1 saturated heterocycles. The number of cyclic esters (lactones) is 2. The molecule has 0 saturated carbocycles. The number of nitrogens with one attached hydrogen (secondary N) is 1. The third-order valence-electron chi connectivity index (χ3n) is 6.20. The molecule has 5 rings (SSSR count). The van der Waals surface area contributed by atoms with Gasteiger partial charge in [-0.2, -0.15) is 0 Å². The lowest BCUT2D eigenvalue weighted by Gasteiger charge is -2.36. The summed E-state index contributed by atoms with van der Waals surface area (Å²) >= 11 is 19.5. The second-order valence-corrected chi connectivity index (χ2v) is 10.4. The Morgan fingerprint density at radius 2 is 1.54 bits per heavy atom. The van der Waals surface area contributed by atoms with Gasteiger partial charge in [0.25, 0.3) is 5.79 Å². The number of carbonyl (C=O) groups excluding carboxylic acids is 2. The summed E-state index contributed by atoms with van der Waals surface area (Å²) in [6, 6.07) is 18.1. The summed E-state index contributed by atoms with van der Waals surface area (Å²) in [6.45, 7) is 3.18. The van der Waals surface area contributed by atoms with Gasteiger partial charge in [-0.1, -0.05) is 71.2 Å². The first kappa shape index (κ1) is 25.5. The van der Waals surface area contributed by atoms with Crippen molar-refractivity contribution >= 4 is 57.6 Å². The van der Waals surface area contributed by atoms with E-state index in [-0.39, 0.29) is 22.4 Å². The monoisotopic (exact) mass is 557 g/mol. The first-order valence-corrected chi connectivity index (χ1v) is 12.6. The highest BCUT2D eigenvalue weighted by atomic mass is 35.5. The summed E-state index contributed by atoms with van der Waals surface area (Å²) in [4.78, 5) is 29.5. The normalized spacial score (nSPS) is 16.4. The molecular formula is C28H22Cl3NO5. The average Bonchev–Trinajstić information content (AvgIpc) is 3.25. The largest absolute Gasteiger partial charge is 0.486 e. The van der Waals surface area contributed by atoms with Crippen molar-refractivity contribution in [1.29, 1.82) is 0 Å². The first-order chi connectivity index (χ1) is 17.6. The number of hydrogen-bond donors (Lipinski definition) is 1. The number of esters is 2. The number of carbonyl (C=O) groups is 2. The molecule has 37 heavy (non-hydrogen) atoms. The highest BCUT2D eigenvalue weighted by molar-refractivity contribution is 6.37. The minimum atomic E-state index is -1.36. The zero-order valence-electron chi connectivity index (χ0n) is 19.9. The van der Waals surface area contributed by atoms with Gasteiger partial charge in [-0.25, -0.2) is 0 Å². The maximum absolute atomic E-state index is 13.2. The van der Waals surface area contributed by atoms with Gasteiger partial charge in [-0.05, 0) is 35.4 Å². The Labute approximate surface area is 228 Å². The molecule has 4 aromatic rings. The number of aromatic amines is 1. The second-order valence-electron chi connectivity index (χ2n) is 9.18. The molecule has 1 aliphatic heterocycles. The molecule has 0 bridgehead atoms. The Bertz CT molecular complexity index is 1470. The van der Waals surface area contributed by atoms with Crippen molar-refractivity contribution in [1.82, 2.24) is 4.98 Å². The average molecular weight is 559 g/mol. The lowest BCUT2D eigenvalue weighted by molar-refractivity contribution is -0.240. The third-order valence-corrected chi connectivity index (χ3v) is 7.13. The highest BCUT2D eigenvalue weighted by Gasteiger charge is 2.48. The van der Waals surface area contributed by atoms with Crippen molar-refractivity contribution in [2.45, 2.75) is 32.2 Å². The van der Waals surface area contributed by atoms with E-state index in [0.29, 0.717) is 16.1 Å². The van der Waals surface area contributed by atoms with Crippen LogP contribution in [-0.4, -0.2) is 22.7 Å². The molecule has 3 aromatic carbocycles. The van der Waals surface area contributed by atoms with Gasteiger partial charge in [0.1, 0.15) is 6.61 Å². The summed E-state index contributed by atoms with van der Waals surface area (Å²) in [6.07, 6.45) is 1.76. The Hall–Kier alpha value is -3.19. The van der Waals surface area contributed by atoms with Crippen LogP contribution in [0.5, 0.6) is 5.75 Å². The summed E-state index contributed by atoms with van der Waals surface area (Å²) in [5, 5.41) is 1.83. The maximum atomic E-state index is 13.2. The molecule has 6 nitrogen and oxygen atoms in total. The van der Waals surface area contributed by atoms with Crippen LogP contribution in [0.3, 0.4) is 0 Å². The molecule has 0 spiro atoms. The number of para-hydroxylation sites is 1. The van der Waals surface area contributed by atoms with Crippen LogP contribution in [-0.2, 0) is 25.7 Å². The lowest BCUT2D eigenvalue weighted by atomic mass is 9.80. The molecule has 0 radical (unpaired) electrons. The quantitative estimate of drug-likeness (QED) is 0.199.